The Bertz CT molecular complexity index is 599. The lowest BCUT2D eigenvalue weighted by Gasteiger charge is -1.88. The van der Waals surface area contributed by atoms with Crippen LogP contribution in [0.3, 0.4) is 0 Å². The van der Waals surface area contributed by atoms with Gasteiger partial charge in [-0.1, -0.05) is 24.3 Å². The van der Waals surface area contributed by atoms with Crippen molar-refractivity contribution in [1.82, 2.24) is 4.57 Å². The number of aryl methyl sites for hydroxylation is 1. The summed E-state index contributed by atoms with van der Waals surface area (Å²) in [6.07, 6.45) is 1.68. The summed E-state index contributed by atoms with van der Waals surface area (Å²) >= 11 is 0. The Balaban J connectivity index is 3.16. The zero-order valence-corrected chi connectivity index (χ0v) is 7.82. The molecular formula is C11H10N2O. The van der Waals surface area contributed by atoms with E-state index < -0.39 is 0 Å². The first-order valence-corrected chi connectivity index (χ1v) is 4.33. The minimum Gasteiger partial charge on any atom is -0.317 e. The van der Waals surface area contributed by atoms with Crippen molar-refractivity contribution in [2.75, 3.05) is 0 Å². The van der Waals surface area contributed by atoms with Crippen molar-refractivity contribution in [3.05, 3.63) is 52.2 Å². The van der Waals surface area contributed by atoms with Gasteiger partial charge in [0.15, 0.2) is 0 Å². The van der Waals surface area contributed by atoms with Crippen LogP contribution < -0.4 is 10.9 Å². The molecule has 0 aliphatic carbocycles. The van der Waals surface area contributed by atoms with Gasteiger partial charge in [-0.3, -0.25) is 10.2 Å². The Labute approximate surface area is 80.8 Å². The van der Waals surface area contributed by atoms with E-state index in [9.17, 15) is 4.79 Å². The molecule has 3 heteroatoms. The molecule has 2 rings (SSSR count). The second-order valence-corrected chi connectivity index (χ2v) is 3.19. The van der Waals surface area contributed by atoms with E-state index in [2.05, 4.69) is 0 Å². The molecule has 0 aliphatic rings. The fourth-order valence-electron chi connectivity index (χ4n) is 1.42. The molecule has 1 N–H and O–H groups in total. The second kappa shape index (κ2) is 3.10. The van der Waals surface area contributed by atoms with Crippen LogP contribution in [0, 0.1) is 5.41 Å². The number of benzene rings is 1. The summed E-state index contributed by atoms with van der Waals surface area (Å²) in [5.41, 5.74) is -0.272. The van der Waals surface area contributed by atoms with Crippen molar-refractivity contribution in [2.45, 2.75) is 0 Å². The van der Waals surface area contributed by atoms with Gasteiger partial charge in [-0.15, -0.1) is 0 Å². The van der Waals surface area contributed by atoms with E-state index in [4.69, 9.17) is 5.41 Å². The summed E-state index contributed by atoms with van der Waals surface area (Å²) in [6, 6.07) is 9.26. The van der Waals surface area contributed by atoms with Crippen molar-refractivity contribution >= 4 is 10.8 Å². The molecule has 2 aromatic rings. The van der Waals surface area contributed by atoms with Gasteiger partial charge < -0.3 is 4.57 Å². The SMILES string of the molecule is Cn1ccc2ccccc2c(=N)c1=O. The second-order valence-electron chi connectivity index (χ2n) is 3.19. The molecule has 0 atom stereocenters. The summed E-state index contributed by atoms with van der Waals surface area (Å²) < 4.78 is 1.42. The van der Waals surface area contributed by atoms with Gasteiger partial charge >= 0.3 is 0 Å². The Hall–Kier alpha value is -1.90. The van der Waals surface area contributed by atoms with Crippen molar-refractivity contribution in [3.8, 4) is 0 Å². The molecule has 0 unspecified atom stereocenters. The van der Waals surface area contributed by atoms with E-state index in [0.29, 0.717) is 5.39 Å². The zero-order chi connectivity index (χ0) is 10.1. The smallest absolute Gasteiger partial charge is 0.276 e. The maximum atomic E-state index is 11.6. The first-order chi connectivity index (χ1) is 6.70. The molecule has 14 heavy (non-hydrogen) atoms. The third kappa shape index (κ3) is 1.23. The Morgan fingerprint density at radius 1 is 1.21 bits per heavy atom. The molecule has 0 aliphatic heterocycles. The van der Waals surface area contributed by atoms with Gasteiger partial charge in [0.1, 0.15) is 5.36 Å². The number of aromatic nitrogens is 1. The molecule has 70 valence electrons. The molecule has 1 aromatic heterocycles. The lowest BCUT2D eigenvalue weighted by molar-refractivity contribution is 0.853. The molecule has 0 amide bonds. The molecule has 0 spiro atoms. The van der Waals surface area contributed by atoms with Crippen molar-refractivity contribution in [1.29, 1.82) is 5.41 Å². The van der Waals surface area contributed by atoms with E-state index in [0.717, 1.165) is 5.39 Å². The van der Waals surface area contributed by atoms with Crippen LogP contribution in [0.5, 0.6) is 0 Å². The molecule has 0 fully saturated rings. The standard InChI is InChI=1S/C11H10N2O/c1-13-7-6-8-4-2-3-5-9(8)10(12)11(13)14/h2-7,12H,1H3. The van der Waals surface area contributed by atoms with E-state index in [1.807, 2.05) is 24.3 Å². The molecule has 0 bridgehead atoms. The lowest BCUT2D eigenvalue weighted by atomic mass is 10.2. The predicted octanol–water partition coefficient (Wildman–Crippen LogP) is 1.02. The number of hydrogen-bond acceptors (Lipinski definition) is 2. The van der Waals surface area contributed by atoms with Gasteiger partial charge in [0.2, 0.25) is 0 Å². The molecule has 3 nitrogen and oxygen atoms in total. The van der Waals surface area contributed by atoms with E-state index in [1.54, 1.807) is 19.3 Å². The fourth-order valence-corrected chi connectivity index (χ4v) is 1.42. The molecule has 0 saturated carbocycles. The number of nitrogens with one attached hydrogen (secondary N) is 1. The predicted molar refractivity (Wildman–Crippen MR) is 55.0 cm³/mol. The highest BCUT2D eigenvalue weighted by atomic mass is 16.1. The van der Waals surface area contributed by atoms with E-state index in [-0.39, 0.29) is 10.9 Å². The van der Waals surface area contributed by atoms with Crippen LogP contribution in [0.4, 0.5) is 0 Å². The summed E-state index contributed by atoms with van der Waals surface area (Å²) in [7, 11) is 1.65. The maximum absolute atomic E-state index is 11.6. The van der Waals surface area contributed by atoms with Gasteiger partial charge in [0.05, 0.1) is 0 Å². The van der Waals surface area contributed by atoms with Crippen LogP contribution in [0.2, 0.25) is 0 Å². The molecule has 0 radical (unpaired) electrons. The minimum absolute atomic E-state index is 0.0492. The maximum Gasteiger partial charge on any atom is 0.276 e. The molecule has 1 heterocycles. The van der Waals surface area contributed by atoms with Crippen LogP contribution in [-0.2, 0) is 7.05 Å². The summed E-state index contributed by atoms with van der Waals surface area (Å²) in [5, 5.41) is 9.37. The topological polar surface area (TPSA) is 45.9 Å². The molecular weight excluding hydrogens is 176 g/mol. The minimum atomic E-state index is -0.272. The average Bonchev–Trinajstić information content (AvgIpc) is 2.32. The van der Waals surface area contributed by atoms with Gasteiger partial charge in [0, 0.05) is 18.6 Å². The van der Waals surface area contributed by atoms with Gasteiger partial charge in [-0.25, -0.2) is 0 Å². The first-order valence-electron chi connectivity index (χ1n) is 4.33. The van der Waals surface area contributed by atoms with E-state index >= 15 is 0 Å². The third-order valence-corrected chi connectivity index (χ3v) is 2.24. The van der Waals surface area contributed by atoms with E-state index in [1.165, 1.54) is 4.57 Å². The summed E-state index contributed by atoms with van der Waals surface area (Å²) in [5.74, 6) is 0. The zero-order valence-electron chi connectivity index (χ0n) is 7.82. The highest BCUT2D eigenvalue weighted by Crippen LogP contribution is 2.05. The quantitative estimate of drug-likeness (QED) is 0.656. The fraction of sp³-hybridized carbons (Fsp3) is 0.0909. The van der Waals surface area contributed by atoms with Crippen LogP contribution >= 0.6 is 0 Å². The van der Waals surface area contributed by atoms with Gasteiger partial charge in [0.25, 0.3) is 5.56 Å². The number of rotatable bonds is 0. The monoisotopic (exact) mass is 186 g/mol. The normalized spacial score (nSPS) is 10.4. The Morgan fingerprint density at radius 3 is 2.71 bits per heavy atom. The summed E-state index contributed by atoms with van der Waals surface area (Å²) in [6.45, 7) is 0. The first kappa shape index (κ1) is 8.69. The Kier molecular flexibility index (Phi) is 1.93. The van der Waals surface area contributed by atoms with Crippen molar-refractivity contribution in [3.63, 3.8) is 0 Å². The van der Waals surface area contributed by atoms with Crippen molar-refractivity contribution in [2.24, 2.45) is 7.05 Å². The van der Waals surface area contributed by atoms with Crippen LogP contribution in [0.15, 0.2) is 41.3 Å². The van der Waals surface area contributed by atoms with Gasteiger partial charge in [-0.05, 0) is 11.5 Å². The Morgan fingerprint density at radius 2 is 1.93 bits per heavy atom. The highest BCUT2D eigenvalue weighted by Gasteiger charge is 1.96. The van der Waals surface area contributed by atoms with Crippen LogP contribution in [0.25, 0.3) is 10.8 Å². The number of hydrogen-bond donors (Lipinski definition) is 1. The lowest BCUT2D eigenvalue weighted by Crippen LogP contribution is -2.29. The largest absolute Gasteiger partial charge is 0.317 e. The molecule has 1 aromatic carbocycles. The summed E-state index contributed by atoms with van der Waals surface area (Å²) in [4.78, 5) is 11.6. The third-order valence-electron chi connectivity index (χ3n) is 2.24. The number of fused-ring (bicyclic) bond motifs is 1. The van der Waals surface area contributed by atoms with Gasteiger partial charge in [-0.2, -0.15) is 0 Å². The van der Waals surface area contributed by atoms with Crippen molar-refractivity contribution < 1.29 is 0 Å². The molecule has 0 saturated heterocycles. The van der Waals surface area contributed by atoms with Crippen LogP contribution in [0.1, 0.15) is 0 Å². The van der Waals surface area contributed by atoms with Crippen LogP contribution in [-0.4, -0.2) is 4.57 Å². The average molecular weight is 186 g/mol. The number of nitrogens with zero attached hydrogens (tertiary/aromatic N) is 1. The highest BCUT2D eigenvalue weighted by molar-refractivity contribution is 5.80.